The molecule has 1 aromatic heterocycles. The van der Waals surface area contributed by atoms with Gasteiger partial charge in [0.1, 0.15) is 5.69 Å². The molecule has 0 radical (unpaired) electrons. The van der Waals surface area contributed by atoms with Gasteiger partial charge in [-0.15, -0.1) is 0 Å². The molecule has 0 atom stereocenters. The zero-order valence-electron chi connectivity index (χ0n) is 17.9. The number of rotatable bonds is 4. The van der Waals surface area contributed by atoms with E-state index in [9.17, 15) is 22.8 Å². The zero-order valence-corrected chi connectivity index (χ0v) is 17.9. The third kappa shape index (κ3) is 4.98. The maximum atomic E-state index is 13.6. The van der Waals surface area contributed by atoms with E-state index in [1.807, 2.05) is 0 Å². The smallest absolute Gasteiger partial charge is 0.308 e. The van der Waals surface area contributed by atoms with Gasteiger partial charge in [-0.2, -0.15) is 18.3 Å². The monoisotopic (exact) mass is 464 g/mol. The average molecular weight is 464 g/mol. The SMILES string of the molecule is Cc1ccccc1C(=O)NC(=O)Nc1ccc(-n2nc(-c3ccccc3)cc2C(F)(F)F)cc1. The van der Waals surface area contributed by atoms with E-state index in [1.165, 1.54) is 24.3 Å². The van der Waals surface area contributed by atoms with E-state index >= 15 is 0 Å². The van der Waals surface area contributed by atoms with Crippen LogP contribution in [0.4, 0.5) is 23.7 Å². The number of halogens is 3. The van der Waals surface area contributed by atoms with E-state index in [1.54, 1.807) is 61.5 Å². The lowest BCUT2D eigenvalue weighted by Crippen LogP contribution is -2.34. The van der Waals surface area contributed by atoms with E-state index in [0.717, 1.165) is 10.7 Å². The van der Waals surface area contributed by atoms with Crippen LogP contribution in [0.1, 0.15) is 21.6 Å². The van der Waals surface area contributed by atoms with Gasteiger partial charge in [0.05, 0.1) is 11.4 Å². The van der Waals surface area contributed by atoms with Gasteiger partial charge in [-0.3, -0.25) is 10.1 Å². The molecule has 0 aliphatic rings. The molecule has 4 rings (SSSR count). The molecule has 0 bridgehead atoms. The van der Waals surface area contributed by atoms with Crippen LogP contribution in [0.2, 0.25) is 0 Å². The number of carbonyl (C=O) groups excluding carboxylic acids is 2. The fourth-order valence-electron chi connectivity index (χ4n) is 3.38. The van der Waals surface area contributed by atoms with Gasteiger partial charge >= 0.3 is 12.2 Å². The fraction of sp³-hybridized carbons (Fsp3) is 0.0800. The number of anilines is 1. The highest BCUT2D eigenvalue weighted by Crippen LogP contribution is 2.34. The van der Waals surface area contributed by atoms with Gasteiger partial charge < -0.3 is 5.32 Å². The summed E-state index contributed by atoms with van der Waals surface area (Å²) in [5.41, 5.74) is 1.35. The molecule has 0 spiro atoms. The number of alkyl halides is 3. The Morgan fingerprint density at radius 3 is 2.18 bits per heavy atom. The zero-order chi connectivity index (χ0) is 24.3. The summed E-state index contributed by atoms with van der Waals surface area (Å²) in [5.74, 6) is -0.563. The number of hydrogen-bond acceptors (Lipinski definition) is 3. The van der Waals surface area contributed by atoms with Crippen molar-refractivity contribution in [3.8, 4) is 16.9 Å². The molecule has 3 amide bonds. The van der Waals surface area contributed by atoms with Crippen molar-refractivity contribution in [1.29, 1.82) is 0 Å². The summed E-state index contributed by atoms with van der Waals surface area (Å²) < 4.78 is 41.8. The van der Waals surface area contributed by atoms with Crippen molar-refractivity contribution in [2.24, 2.45) is 0 Å². The maximum absolute atomic E-state index is 13.6. The van der Waals surface area contributed by atoms with Gasteiger partial charge in [-0.1, -0.05) is 48.5 Å². The van der Waals surface area contributed by atoms with Crippen molar-refractivity contribution in [3.05, 3.63) is 102 Å². The van der Waals surface area contributed by atoms with Crippen LogP contribution in [0.25, 0.3) is 16.9 Å². The molecular formula is C25H19F3N4O2. The molecule has 0 aliphatic carbocycles. The van der Waals surface area contributed by atoms with E-state index in [-0.39, 0.29) is 11.4 Å². The van der Waals surface area contributed by atoms with Crippen LogP contribution in [0.3, 0.4) is 0 Å². The Hall–Kier alpha value is -4.40. The Morgan fingerprint density at radius 2 is 1.53 bits per heavy atom. The molecule has 172 valence electrons. The van der Waals surface area contributed by atoms with E-state index in [4.69, 9.17) is 0 Å². The second-order valence-corrected chi connectivity index (χ2v) is 7.46. The third-order valence-corrected chi connectivity index (χ3v) is 5.06. The molecule has 0 fully saturated rings. The number of carbonyl (C=O) groups is 2. The molecule has 3 aromatic carbocycles. The van der Waals surface area contributed by atoms with Crippen LogP contribution in [-0.4, -0.2) is 21.7 Å². The number of amides is 3. The number of imide groups is 1. The number of hydrogen-bond donors (Lipinski definition) is 2. The van der Waals surface area contributed by atoms with Crippen LogP contribution >= 0.6 is 0 Å². The van der Waals surface area contributed by atoms with Crippen LogP contribution in [0, 0.1) is 6.92 Å². The second-order valence-electron chi connectivity index (χ2n) is 7.46. The number of nitrogens with one attached hydrogen (secondary N) is 2. The first-order valence-corrected chi connectivity index (χ1v) is 10.2. The topological polar surface area (TPSA) is 76.0 Å². The van der Waals surface area contributed by atoms with Crippen LogP contribution in [-0.2, 0) is 6.18 Å². The number of benzene rings is 3. The predicted molar refractivity (Wildman–Crippen MR) is 122 cm³/mol. The predicted octanol–water partition coefficient (Wildman–Crippen LogP) is 5.83. The molecule has 4 aromatic rings. The number of aryl methyl sites for hydroxylation is 1. The summed E-state index contributed by atoms with van der Waals surface area (Å²) in [6.45, 7) is 1.75. The minimum Gasteiger partial charge on any atom is -0.308 e. The molecular weight excluding hydrogens is 445 g/mol. The van der Waals surface area contributed by atoms with Crippen molar-refractivity contribution in [2.45, 2.75) is 13.1 Å². The first-order valence-electron chi connectivity index (χ1n) is 10.2. The van der Waals surface area contributed by atoms with E-state index in [2.05, 4.69) is 15.7 Å². The summed E-state index contributed by atoms with van der Waals surface area (Å²) >= 11 is 0. The van der Waals surface area contributed by atoms with Crippen molar-refractivity contribution in [3.63, 3.8) is 0 Å². The Balaban J connectivity index is 1.52. The van der Waals surface area contributed by atoms with Crippen LogP contribution in [0.15, 0.2) is 84.9 Å². The first-order chi connectivity index (χ1) is 16.2. The molecule has 0 saturated carbocycles. The molecule has 0 saturated heterocycles. The highest BCUT2D eigenvalue weighted by Gasteiger charge is 2.36. The van der Waals surface area contributed by atoms with Gasteiger partial charge in [-0.05, 0) is 48.9 Å². The Kier molecular flexibility index (Phi) is 6.18. The standard InChI is InChI=1S/C25H19F3N4O2/c1-16-7-5-6-10-20(16)23(33)30-24(34)29-18-11-13-19(14-12-18)32-22(25(26,27)28)15-21(31-32)17-8-3-2-4-9-17/h2-15H,1H3,(H2,29,30,33,34). The minimum absolute atomic E-state index is 0.163. The quantitative estimate of drug-likeness (QED) is 0.399. The summed E-state index contributed by atoms with van der Waals surface area (Å²) in [7, 11) is 0. The van der Waals surface area contributed by atoms with Crippen molar-refractivity contribution in [2.75, 3.05) is 5.32 Å². The molecule has 2 N–H and O–H groups in total. The first kappa shape index (κ1) is 22.8. The summed E-state index contributed by atoms with van der Waals surface area (Å²) in [5, 5.41) is 8.86. The van der Waals surface area contributed by atoms with Gasteiger partial charge in [0.15, 0.2) is 0 Å². The van der Waals surface area contributed by atoms with Crippen molar-refractivity contribution in [1.82, 2.24) is 15.1 Å². The molecule has 0 aliphatic heterocycles. The minimum atomic E-state index is -4.62. The van der Waals surface area contributed by atoms with E-state index in [0.29, 0.717) is 22.4 Å². The van der Waals surface area contributed by atoms with E-state index < -0.39 is 23.8 Å². The average Bonchev–Trinajstić information content (AvgIpc) is 3.27. The third-order valence-electron chi connectivity index (χ3n) is 5.06. The Labute approximate surface area is 193 Å². The number of nitrogens with zero attached hydrogens (tertiary/aromatic N) is 2. The Bertz CT molecular complexity index is 1330. The second kappa shape index (κ2) is 9.22. The molecule has 1 heterocycles. The fourth-order valence-corrected chi connectivity index (χ4v) is 3.38. The lowest BCUT2D eigenvalue weighted by Gasteiger charge is -2.11. The summed E-state index contributed by atoms with van der Waals surface area (Å²) in [6.07, 6.45) is -4.62. The number of aromatic nitrogens is 2. The molecule has 9 heteroatoms. The van der Waals surface area contributed by atoms with Crippen molar-refractivity contribution < 1.29 is 22.8 Å². The van der Waals surface area contributed by atoms with Crippen LogP contribution in [0.5, 0.6) is 0 Å². The molecule has 0 unspecified atom stereocenters. The number of urea groups is 1. The summed E-state index contributed by atoms with van der Waals surface area (Å²) in [6, 6.07) is 21.3. The molecule has 6 nitrogen and oxygen atoms in total. The maximum Gasteiger partial charge on any atom is 0.433 e. The van der Waals surface area contributed by atoms with Gasteiger partial charge in [0.2, 0.25) is 0 Å². The van der Waals surface area contributed by atoms with Crippen molar-refractivity contribution >= 4 is 17.6 Å². The lowest BCUT2D eigenvalue weighted by atomic mass is 10.1. The summed E-state index contributed by atoms with van der Waals surface area (Å²) in [4.78, 5) is 24.5. The van der Waals surface area contributed by atoms with Gasteiger partial charge in [-0.25, -0.2) is 9.48 Å². The highest BCUT2D eigenvalue weighted by atomic mass is 19.4. The van der Waals surface area contributed by atoms with Gasteiger partial charge in [0, 0.05) is 16.8 Å². The Morgan fingerprint density at radius 1 is 0.882 bits per heavy atom. The van der Waals surface area contributed by atoms with Gasteiger partial charge in [0.25, 0.3) is 5.91 Å². The lowest BCUT2D eigenvalue weighted by molar-refractivity contribution is -0.142. The molecule has 34 heavy (non-hydrogen) atoms. The normalized spacial score (nSPS) is 11.2. The highest BCUT2D eigenvalue weighted by molar-refractivity contribution is 6.08. The largest absolute Gasteiger partial charge is 0.433 e. The van der Waals surface area contributed by atoms with Crippen LogP contribution < -0.4 is 10.6 Å².